The molecule has 3 heteroatoms. The second-order valence-corrected chi connectivity index (χ2v) is 4.69. The Morgan fingerprint density at radius 3 is 2.65 bits per heavy atom. The molecule has 0 spiro atoms. The lowest BCUT2D eigenvalue weighted by molar-refractivity contribution is 0.0168. The molecule has 0 bridgehead atoms. The molecule has 0 atom stereocenters. The molecular weight excluding hydrogens is 214 g/mol. The molecule has 0 radical (unpaired) electrons. The molecule has 2 rings (SSSR count). The quantitative estimate of drug-likeness (QED) is 0.815. The van der Waals surface area contributed by atoms with Crippen molar-refractivity contribution in [2.24, 2.45) is 0 Å². The van der Waals surface area contributed by atoms with Crippen LogP contribution in [0.1, 0.15) is 37.7 Å². The first kappa shape index (κ1) is 12.2. The lowest BCUT2D eigenvalue weighted by atomic mass is 9.98. The van der Waals surface area contributed by atoms with E-state index in [9.17, 15) is 0 Å². The molecule has 0 amide bonds. The molecule has 0 saturated heterocycles. The highest BCUT2D eigenvalue weighted by Gasteiger charge is 2.13. The minimum Gasteiger partial charge on any atom is -0.497 e. The van der Waals surface area contributed by atoms with Crippen LogP contribution >= 0.6 is 0 Å². The van der Waals surface area contributed by atoms with Gasteiger partial charge >= 0.3 is 0 Å². The first-order chi connectivity index (χ1) is 8.28. The van der Waals surface area contributed by atoms with E-state index in [4.69, 9.17) is 15.2 Å². The van der Waals surface area contributed by atoms with E-state index in [0.29, 0.717) is 12.7 Å². The zero-order valence-electron chi connectivity index (χ0n) is 10.4. The van der Waals surface area contributed by atoms with Crippen molar-refractivity contribution in [1.29, 1.82) is 0 Å². The minimum absolute atomic E-state index is 0.427. The van der Waals surface area contributed by atoms with Gasteiger partial charge in [0.1, 0.15) is 5.75 Å². The highest BCUT2D eigenvalue weighted by atomic mass is 16.5. The molecule has 0 aliphatic heterocycles. The van der Waals surface area contributed by atoms with Gasteiger partial charge in [-0.2, -0.15) is 0 Å². The molecule has 94 valence electrons. The first-order valence-electron chi connectivity index (χ1n) is 6.33. The summed E-state index contributed by atoms with van der Waals surface area (Å²) < 4.78 is 11.1. The van der Waals surface area contributed by atoms with E-state index in [0.717, 1.165) is 17.0 Å². The van der Waals surface area contributed by atoms with Gasteiger partial charge in [-0.3, -0.25) is 0 Å². The zero-order valence-corrected chi connectivity index (χ0v) is 10.4. The van der Waals surface area contributed by atoms with Gasteiger partial charge in [-0.15, -0.1) is 0 Å². The van der Waals surface area contributed by atoms with Crippen LogP contribution in [-0.2, 0) is 11.3 Å². The molecule has 1 aromatic carbocycles. The predicted molar refractivity (Wildman–Crippen MR) is 69.1 cm³/mol. The summed E-state index contributed by atoms with van der Waals surface area (Å²) in [5.41, 5.74) is 7.63. The molecule has 0 unspecified atom stereocenters. The maximum Gasteiger partial charge on any atom is 0.121 e. The van der Waals surface area contributed by atoms with E-state index in [-0.39, 0.29) is 0 Å². The number of benzene rings is 1. The Balaban J connectivity index is 1.91. The maximum absolute atomic E-state index is 5.91. The molecular formula is C14H21NO2. The maximum atomic E-state index is 5.91. The Morgan fingerprint density at radius 2 is 1.94 bits per heavy atom. The van der Waals surface area contributed by atoms with Crippen molar-refractivity contribution >= 4 is 5.69 Å². The first-order valence-corrected chi connectivity index (χ1v) is 6.33. The molecule has 17 heavy (non-hydrogen) atoms. The molecule has 0 aromatic heterocycles. The van der Waals surface area contributed by atoms with E-state index in [1.807, 2.05) is 18.2 Å². The highest BCUT2D eigenvalue weighted by molar-refractivity contribution is 5.47. The fraction of sp³-hybridized carbons (Fsp3) is 0.571. The Labute approximate surface area is 103 Å². The van der Waals surface area contributed by atoms with Crippen LogP contribution in [0.25, 0.3) is 0 Å². The standard InChI is InChI=1S/C14H21NO2/c1-16-14-8-11(7-12(15)9-14)10-17-13-5-3-2-4-6-13/h7-9,13H,2-6,10,15H2,1H3. The third-order valence-electron chi connectivity index (χ3n) is 3.26. The Bertz CT molecular complexity index is 359. The van der Waals surface area contributed by atoms with Crippen LogP contribution in [0.4, 0.5) is 5.69 Å². The molecule has 1 saturated carbocycles. The van der Waals surface area contributed by atoms with Crippen LogP contribution < -0.4 is 10.5 Å². The van der Waals surface area contributed by atoms with Gasteiger partial charge in [-0.1, -0.05) is 19.3 Å². The largest absolute Gasteiger partial charge is 0.497 e. The van der Waals surface area contributed by atoms with Crippen molar-refractivity contribution in [1.82, 2.24) is 0 Å². The third-order valence-corrected chi connectivity index (χ3v) is 3.26. The van der Waals surface area contributed by atoms with Gasteiger partial charge in [0.2, 0.25) is 0 Å². The van der Waals surface area contributed by atoms with E-state index >= 15 is 0 Å². The van der Waals surface area contributed by atoms with Gasteiger partial charge in [0.05, 0.1) is 19.8 Å². The summed E-state index contributed by atoms with van der Waals surface area (Å²) in [6, 6.07) is 5.76. The number of anilines is 1. The van der Waals surface area contributed by atoms with Crippen molar-refractivity contribution in [2.45, 2.75) is 44.8 Å². The smallest absolute Gasteiger partial charge is 0.121 e. The fourth-order valence-electron chi connectivity index (χ4n) is 2.33. The summed E-state index contributed by atoms with van der Waals surface area (Å²) in [5, 5.41) is 0. The number of hydrogen-bond acceptors (Lipinski definition) is 3. The van der Waals surface area contributed by atoms with Crippen LogP contribution in [-0.4, -0.2) is 13.2 Å². The van der Waals surface area contributed by atoms with Crippen LogP contribution in [0.2, 0.25) is 0 Å². The van der Waals surface area contributed by atoms with Gasteiger partial charge in [0.15, 0.2) is 0 Å². The number of nitrogen functional groups attached to an aromatic ring is 1. The Morgan fingerprint density at radius 1 is 1.18 bits per heavy atom. The lowest BCUT2D eigenvalue weighted by Gasteiger charge is -2.22. The van der Waals surface area contributed by atoms with Crippen molar-refractivity contribution in [3.8, 4) is 5.75 Å². The number of hydrogen-bond donors (Lipinski definition) is 1. The predicted octanol–water partition coefficient (Wildman–Crippen LogP) is 3.13. The van der Waals surface area contributed by atoms with Gasteiger partial charge in [0.25, 0.3) is 0 Å². The van der Waals surface area contributed by atoms with Crippen molar-refractivity contribution < 1.29 is 9.47 Å². The van der Waals surface area contributed by atoms with E-state index in [1.54, 1.807) is 7.11 Å². The third kappa shape index (κ3) is 3.63. The normalized spacial score (nSPS) is 17.0. The molecule has 0 heterocycles. The van der Waals surface area contributed by atoms with Crippen LogP contribution in [0, 0.1) is 0 Å². The number of nitrogens with two attached hydrogens (primary N) is 1. The van der Waals surface area contributed by atoms with Crippen molar-refractivity contribution in [3.05, 3.63) is 23.8 Å². The summed E-state index contributed by atoms with van der Waals surface area (Å²) in [6.07, 6.45) is 6.76. The molecule has 1 aliphatic carbocycles. The summed E-state index contributed by atoms with van der Waals surface area (Å²) >= 11 is 0. The summed E-state index contributed by atoms with van der Waals surface area (Å²) in [7, 11) is 1.65. The van der Waals surface area contributed by atoms with Crippen molar-refractivity contribution in [2.75, 3.05) is 12.8 Å². The van der Waals surface area contributed by atoms with E-state index < -0.39 is 0 Å². The van der Waals surface area contributed by atoms with E-state index in [2.05, 4.69) is 0 Å². The number of rotatable bonds is 4. The average Bonchev–Trinajstić information content (AvgIpc) is 2.37. The SMILES string of the molecule is COc1cc(N)cc(COC2CCCCC2)c1. The highest BCUT2D eigenvalue weighted by Crippen LogP contribution is 2.23. The topological polar surface area (TPSA) is 44.5 Å². The summed E-state index contributed by atoms with van der Waals surface area (Å²) in [6.45, 7) is 0.631. The molecule has 1 fully saturated rings. The number of methoxy groups -OCH3 is 1. The van der Waals surface area contributed by atoms with Gasteiger partial charge in [-0.25, -0.2) is 0 Å². The van der Waals surface area contributed by atoms with Crippen LogP contribution in [0.5, 0.6) is 5.75 Å². The Hall–Kier alpha value is -1.22. The molecule has 3 nitrogen and oxygen atoms in total. The minimum atomic E-state index is 0.427. The lowest BCUT2D eigenvalue weighted by Crippen LogP contribution is -2.16. The molecule has 1 aliphatic rings. The number of ether oxygens (including phenoxy) is 2. The monoisotopic (exact) mass is 235 g/mol. The summed E-state index contributed by atoms with van der Waals surface area (Å²) in [5.74, 6) is 0.798. The Kier molecular flexibility index (Phi) is 4.26. The van der Waals surface area contributed by atoms with Crippen LogP contribution in [0.15, 0.2) is 18.2 Å². The van der Waals surface area contributed by atoms with Crippen LogP contribution in [0.3, 0.4) is 0 Å². The fourth-order valence-corrected chi connectivity index (χ4v) is 2.33. The van der Waals surface area contributed by atoms with Gasteiger partial charge in [0, 0.05) is 11.8 Å². The zero-order chi connectivity index (χ0) is 12.1. The second-order valence-electron chi connectivity index (χ2n) is 4.69. The molecule has 1 aromatic rings. The average molecular weight is 235 g/mol. The molecule has 2 N–H and O–H groups in total. The van der Waals surface area contributed by atoms with Gasteiger partial charge < -0.3 is 15.2 Å². The van der Waals surface area contributed by atoms with Gasteiger partial charge in [-0.05, 0) is 30.5 Å². The second kappa shape index (κ2) is 5.92. The van der Waals surface area contributed by atoms with E-state index in [1.165, 1.54) is 32.1 Å². The van der Waals surface area contributed by atoms with Crippen molar-refractivity contribution in [3.63, 3.8) is 0 Å². The summed E-state index contributed by atoms with van der Waals surface area (Å²) in [4.78, 5) is 0.